The van der Waals surface area contributed by atoms with Crippen molar-refractivity contribution >= 4 is 27.0 Å². The predicted molar refractivity (Wildman–Crippen MR) is 83.5 cm³/mol. The third-order valence-electron chi connectivity index (χ3n) is 6.08. The van der Waals surface area contributed by atoms with Crippen molar-refractivity contribution in [1.29, 1.82) is 0 Å². The fraction of sp³-hybridized carbons (Fsp3) is 0.588. The molecule has 1 aromatic carbocycles. The fourth-order valence-electron chi connectivity index (χ4n) is 5.55. The largest absolute Gasteiger partial charge is 0.342 e. The number of aromatic nitrogens is 2. The van der Waals surface area contributed by atoms with E-state index in [9.17, 15) is 4.39 Å². The predicted octanol–water partition coefficient (Wildman–Crippen LogP) is 5.00. The Morgan fingerprint density at radius 2 is 1.71 bits per heavy atom. The summed E-state index contributed by atoms with van der Waals surface area (Å²) >= 11 is 3.25. The van der Waals surface area contributed by atoms with Crippen molar-refractivity contribution in [3.63, 3.8) is 0 Å². The number of hydrogen-bond acceptors (Lipinski definition) is 1. The molecular weight excluding hydrogens is 331 g/mol. The maximum Gasteiger partial charge on any atom is 0.139 e. The Bertz CT molecular complexity index is 656. The minimum absolute atomic E-state index is 0.220. The molecule has 4 heteroatoms. The van der Waals surface area contributed by atoms with Gasteiger partial charge in [0.15, 0.2) is 0 Å². The average molecular weight is 349 g/mol. The summed E-state index contributed by atoms with van der Waals surface area (Å²) in [5, 5.41) is 0. The molecular formula is C17H18BrFN2. The molecule has 2 nitrogen and oxygen atoms in total. The molecule has 1 aromatic heterocycles. The third-order valence-corrected chi connectivity index (χ3v) is 6.69. The Morgan fingerprint density at radius 3 is 2.38 bits per heavy atom. The first-order valence-corrected chi connectivity index (χ1v) is 8.81. The number of nitrogens with one attached hydrogen (secondary N) is 1. The normalized spacial score (nSPS) is 37.5. The fourth-order valence-corrected chi connectivity index (χ4v) is 5.89. The Hall–Kier alpha value is -0.900. The maximum atomic E-state index is 13.7. The summed E-state index contributed by atoms with van der Waals surface area (Å²) < 4.78 is 14.2. The zero-order valence-electron chi connectivity index (χ0n) is 11.8. The number of benzene rings is 1. The van der Waals surface area contributed by atoms with Crippen LogP contribution in [0.25, 0.3) is 11.0 Å². The monoisotopic (exact) mass is 348 g/mol. The van der Waals surface area contributed by atoms with Crippen LogP contribution in [0.3, 0.4) is 0 Å². The lowest BCUT2D eigenvalue weighted by Crippen LogP contribution is -2.44. The molecule has 4 aliphatic carbocycles. The smallest absolute Gasteiger partial charge is 0.139 e. The molecule has 1 N–H and O–H groups in total. The first-order valence-electron chi connectivity index (χ1n) is 8.02. The van der Waals surface area contributed by atoms with Gasteiger partial charge in [0, 0.05) is 12.0 Å². The first-order chi connectivity index (χ1) is 10.2. The number of halogens is 2. The maximum absolute atomic E-state index is 13.7. The molecule has 6 rings (SSSR count). The van der Waals surface area contributed by atoms with Gasteiger partial charge in [0.05, 0.1) is 15.5 Å². The molecule has 1 heterocycles. The van der Waals surface area contributed by atoms with Gasteiger partial charge in [0.1, 0.15) is 11.6 Å². The van der Waals surface area contributed by atoms with Crippen molar-refractivity contribution in [3.8, 4) is 0 Å². The van der Waals surface area contributed by atoms with Crippen molar-refractivity contribution in [2.24, 2.45) is 23.7 Å². The van der Waals surface area contributed by atoms with Gasteiger partial charge in [-0.3, -0.25) is 0 Å². The number of nitrogens with zero attached hydrogens (tertiary/aromatic N) is 1. The van der Waals surface area contributed by atoms with E-state index >= 15 is 0 Å². The highest BCUT2D eigenvalue weighted by Crippen LogP contribution is 2.59. The quantitative estimate of drug-likeness (QED) is 0.771. The molecule has 0 amide bonds. The number of aromatic amines is 1. The molecule has 0 unspecified atom stereocenters. The zero-order chi connectivity index (χ0) is 14.1. The van der Waals surface area contributed by atoms with Crippen molar-refractivity contribution in [3.05, 3.63) is 28.2 Å². The van der Waals surface area contributed by atoms with Gasteiger partial charge in [-0.15, -0.1) is 0 Å². The van der Waals surface area contributed by atoms with E-state index in [1.54, 1.807) is 12.1 Å². The van der Waals surface area contributed by atoms with Crippen LogP contribution >= 0.6 is 15.9 Å². The van der Waals surface area contributed by atoms with Crippen LogP contribution in [-0.2, 0) is 0 Å². The second-order valence-electron chi connectivity index (χ2n) is 7.36. The lowest BCUT2D eigenvalue weighted by molar-refractivity contribution is -0.00528. The lowest BCUT2D eigenvalue weighted by Gasteiger charge is -2.53. The Kier molecular flexibility index (Phi) is 2.59. The van der Waals surface area contributed by atoms with E-state index in [4.69, 9.17) is 4.98 Å². The van der Waals surface area contributed by atoms with Gasteiger partial charge in [0.2, 0.25) is 0 Å². The summed E-state index contributed by atoms with van der Waals surface area (Å²) in [4.78, 5) is 8.23. The highest BCUT2D eigenvalue weighted by atomic mass is 79.9. The van der Waals surface area contributed by atoms with Gasteiger partial charge in [-0.1, -0.05) is 0 Å². The topological polar surface area (TPSA) is 28.7 Å². The SMILES string of the molecule is Fc1cc2[nH]c(C3C4CC5CC(C4)CC3C5)nc2cc1Br. The number of imidazole rings is 1. The molecule has 2 aromatic rings. The number of hydrogen-bond donors (Lipinski definition) is 1. The summed E-state index contributed by atoms with van der Waals surface area (Å²) in [5.41, 5.74) is 1.71. The van der Waals surface area contributed by atoms with Crippen LogP contribution in [0.2, 0.25) is 0 Å². The van der Waals surface area contributed by atoms with E-state index in [-0.39, 0.29) is 5.82 Å². The van der Waals surface area contributed by atoms with E-state index in [0.717, 1.165) is 40.5 Å². The number of rotatable bonds is 1. The standard InChI is InChI=1S/C17H18BrFN2/c18-12-6-14-15(7-13(12)19)21-17(20-14)16-10-2-8-1-9(4-10)5-11(16)3-8/h6-11,16H,1-5H2,(H,20,21). The van der Waals surface area contributed by atoms with Gasteiger partial charge in [-0.25, -0.2) is 9.37 Å². The van der Waals surface area contributed by atoms with E-state index in [0.29, 0.717) is 10.4 Å². The van der Waals surface area contributed by atoms with Crippen LogP contribution in [0.1, 0.15) is 43.8 Å². The Balaban J connectivity index is 1.58. The van der Waals surface area contributed by atoms with E-state index < -0.39 is 0 Å². The molecule has 21 heavy (non-hydrogen) atoms. The van der Waals surface area contributed by atoms with Crippen LogP contribution in [0.15, 0.2) is 16.6 Å². The van der Waals surface area contributed by atoms with Gasteiger partial charge in [-0.2, -0.15) is 0 Å². The molecule has 0 aliphatic heterocycles. The van der Waals surface area contributed by atoms with Crippen molar-refractivity contribution in [2.45, 2.75) is 38.0 Å². The Labute approximate surface area is 131 Å². The number of H-pyrrole nitrogens is 1. The van der Waals surface area contributed by atoms with Crippen molar-refractivity contribution in [1.82, 2.24) is 9.97 Å². The highest BCUT2D eigenvalue weighted by Gasteiger charge is 2.49. The van der Waals surface area contributed by atoms with Crippen molar-refractivity contribution in [2.75, 3.05) is 0 Å². The highest BCUT2D eigenvalue weighted by molar-refractivity contribution is 9.10. The van der Waals surface area contributed by atoms with Gasteiger partial charge in [0.25, 0.3) is 0 Å². The summed E-state index contributed by atoms with van der Waals surface area (Å²) in [7, 11) is 0. The molecule has 0 saturated heterocycles. The van der Waals surface area contributed by atoms with Gasteiger partial charge in [-0.05, 0) is 77.8 Å². The minimum Gasteiger partial charge on any atom is -0.342 e. The second kappa shape index (κ2) is 4.31. The summed E-state index contributed by atoms with van der Waals surface area (Å²) in [6, 6.07) is 3.35. The molecule has 4 saturated carbocycles. The van der Waals surface area contributed by atoms with E-state index in [1.165, 1.54) is 32.1 Å². The van der Waals surface area contributed by atoms with Crippen LogP contribution in [0.4, 0.5) is 4.39 Å². The average Bonchev–Trinajstić information content (AvgIpc) is 2.80. The summed E-state index contributed by atoms with van der Waals surface area (Å²) in [6.07, 6.45) is 7.00. The minimum atomic E-state index is -0.220. The van der Waals surface area contributed by atoms with E-state index in [1.807, 2.05) is 0 Å². The summed E-state index contributed by atoms with van der Waals surface area (Å²) in [5.74, 6) is 5.01. The zero-order valence-corrected chi connectivity index (χ0v) is 13.4. The first kappa shape index (κ1) is 12.6. The number of fused-ring (bicyclic) bond motifs is 1. The van der Waals surface area contributed by atoms with Crippen LogP contribution < -0.4 is 0 Å². The summed E-state index contributed by atoms with van der Waals surface area (Å²) in [6.45, 7) is 0. The van der Waals surface area contributed by atoms with Crippen LogP contribution in [0, 0.1) is 29.5 Å². The molecule has 0 radical (unpaired) electrons. The molecule has 4 bridgehead atoms. The Morgan fingerprint density at radius 1 is 1.05 bits per heavy atom. The molecule has 0 atom stereocenters. The molecule has 0 spiro atoms. The molecule has 110 valence electrons. The van der Waals surface area contributed by atoms with E-state index in [2.05, 4.69) is 20.9 Å². The second-order valence-corrected chi connectivity index (χ2v) is 8.22. The van der Waals surface area contributed by atoms with Crippen LogP contribution in [-0.4, -0.2) is 9.97 Å². The molecule has 4 fully saturated rings. The molecule has 4 aliphatic rings. The lowest BCUT2D eigenvalue weighted by atomic mass is 9.52. The van der Waals surface area contributed by atoms with Gasteiger partial charge >= 0.3 is 0 Å². The van der Waals surface area contributed by atoms with Crippen LogP contribution in [0.5, 0.6) is 0 Å². The van der Waals surface area contributed by atoms with Crippen molar-refractivity contribution < 1.29 is 4.39 Å². The third kappa shape index (κ3) is 1.84. The van der Waals surface area contributed by atoms with Gasteiger partial charge < -0.3 is 4.98 Å².